The van der Waals surface area contributed by atoms with E-state index in [0.29, 0.717) is 11.5 Å². The van der Waals surface area contributed by atoms with Crippen molar-refractivity contribution in [2.24, 2.45) is 23.1 Å². The number of hydrazine groups is 1. The van der Waals surface area contributed by atoms with E-state index >= 15 is 0 Å². The molecule has 0 heterocycles. The highest BCUT2D eigenvalue weighted by molar-refractivity contribution is 4.89. The lowest BCUT2D eigenvalue weighted by atomic mass is 9.65. The Labute approximate surface area is 108 Å². The summed E-state index contributed by atoms with van der Waals surface area (Å²) in [7, 11) is 0. The Balaban J connectivity index is 2.47. The molecule has 17 heavy (non-hydrogen) atoms. The average Bonchev–Trinajstić information content (AvgIpc) is 2.24. The fourth-order valence-electron chi connectivity index (χ4n) is 3.41. The molecule has 2 atom stereocenters. The summed E-state index contributed by atoms with van der Waals surface area (Å²) in [5, 5.41) is 0. The highest BCUT2D eigenvalue weighted by Gasteiger charge is 2.36. The predicted octanol–water partition coefficient (Wildman–Crippen LogP) is 3.86. The van der Waals surface area contributed by atoms with Crippen molar-refractivity contribution in [1.82, 2.24) is 5.43 Å². The summed E-state index contributed by atoms with van der Waals surface area (Å²) in [6.07, 6.45) is 9.36. The molecular formula is C15H32N2. The molecule has 1 saturated carbocycles. The van der Waals surface area contributed by atoms with E-state index in [1.54, 1.807) is 0 Å². The van der Waals surface area contributed by atoms with Gasteiger partial charge in [0.25, 0.3) is 0 Å². The number of hydrogen-bond donors (Lipinski definition) is 2. The topological polar surface area (TPSA) is 38.0 Å². The van der Waals surface area contributed by atoms with Crippen molar-refractivity contribution in [2.45, 2.75) is 78.7 Å². The molecule has 0 amide bonds. The summed E-state index contributed by atoms with van der Waals surface area (Å²) in [5.41, 5.74) is 3.57. The van der Waals surface area contributed by atoms with E-state index in [1.807, 2.05) is 0 Å². The van der Waals surface area contributed by atoms with E-state index in [-0.39, 0.29) is 0 Å². The van der Waals surface area contributed by atoms with Gasteiger partial charge in [0.1, 0.15) is 0 Å². The third-order valence-corrected chi connectivity index (χ3v) is 4.59. The van der Waals surface area contributed by atoms with Crippen LogP contribution >= 0.6 is 0 Å². The van der Waals surface area contributed by atoms with Crippen LogP contribution in [0.15, 0.2) is 0 Å². The maximum atomic E-state index is 5.79. The van der Waals surface area contributed by atoms with Crippen LogP contribution in [0.1, 0.15) is 72.6 Å². The molecule has 1 fully saturated rings. The second kappa shape index (κ2) is 6.75. The van der Waals surface area contributed by atoms with Gasteiger partial charge in [-0.2, -0.15) is 0 Å². The molecule has 102 valence electrons. The van der Waals surface area contributed by atoms with E-state index in [1.165, 1.54) is 44.9 Å². The van der Waals surface area contributed by atoms with Crippen molar-refractivity contribution in [3.63, 3.8) is 0 Å². The molecule has 0 saturated heterocycles. The number of nitrogens with two attached hydrogens (primary N) is 1. The molecule has 0 aliphatic heterocycles. The van der Waals surface area contributed by atoms with Gasteiger partial charge in [-0.05, 0) is 36.5 Å². The maximum absolute atomic E-state index is 5.79. The first-order valence-electron chi connectivity index (χ1n) is 7.43. The molecule has 1 rings (SSSR count). The van der Waals surface area contributed by atoms with Crippen LogP contribution in [-0.4, -0.2) is 6.04 Å². The van der Waals surface area contributed by atoms with Crippen LogP contribution in [0.2, 0.25) is 0 Å². The lowest BCUT2D eigenvalue weighted by molar-refractivity contribution is 0.0932. The second-order valence-corrected chi connectivity index (χ2v) is 6.94. The molecule has 2 heteroatoms. The summed E-state index contributed by atoms with van der Waals surface area (Å²) >= 11 is 0. The maximum Gasteiger partial charge on any atom is 0.0243 e. The van der Waals surface area contributed by atoms with E-state index in [0.717, 1.165) is 11.8 Å². The first kappa shape index (κ1) is 15.0. The molecule has 0 aromatic carbocycles. The summed E-state index contributed by atoms with van der Waals surface area (Å²) < 4.78 is 0. The van der Waals surface area contributed by atoms with Gasteiger partial charge >= 0.3 is 0 Å². The minimum atomic E-state index is 0.465. The largest absolute Gasteiger partial charge is 0.271 e. The average molecular weight is 240 g/mol. The Hall–Kier alpha value is -0.0800. The Bertz CT molecular complexity index is 211. The molecule has 0 spiro atoms. The van der Waals surface area contributed by atoms with Gasteiger partial charge in [0, 0.05) is 6.04 Å². The Morgan fingerprint density at radius 3 is 2.47 bits per heavy atom. The van der Waals surface area contributed by atoms with E-state index in [2.05, 4.69) is 33.1 Å². The van der Waals surface area contributed by atoms with Gasteiger partial charge in [0.15, 0.2) is 0 Å². The van der Waals surface area contributed by atoms with Crippen LogP contribution < -0.4 is 11.3 Å². The predicted molar refractivity (Wildman–Crippen MR) is 75.5 cm³/mol. The Kier molecular flexibility index (Phi) is 5.94. The van der Waals surface area contributed by atoms with Crippen LogP contribution in [-0.2, 0) is 0 Å². The normalized spacial score (nSPS) is 26.1. The summed E-state index contributed by atoms with van der Waals surface area (Å²) in [4.78, 5) is 0. The van der Waals surface area contributed by atoms with Crippen LogP contribution in [0.3, 0.4) is 0 Å². The van der Waals surface area contributed by atoms with Crippen LogP contribution in [0.4, 0.5) is 0 Å². The van der Waals surface area contributed by atoms with E-state index < -0.39 is 0 Å². The van der Waals surface area contributed by atoms with Crippen molar-refractivity contribution < 1.29 is 0 Å². The zero-order valence-corrected chi connectivity index (χ0v) is 12.3. The van der Waals surface area contributed by atoms with Crippen LogP contribution in [0.5, 0.6) is 0 Å². The molecule has 3 N–H and O–H groups in total. The highest BCUT2D eigenvalue weighted by atomic mass is 15.2. The summed E-state index contributed by atoms with van der Waals surface area (Å²) in [5.74, 6) is 7.36. The second-order valence-electron chi connectivity index (χ2n) is 6.94. The van der Waals surface area contributed by atoms with Crippen LogP contribution in [0, 0.1) is 17.3 Å². The molecule has 0 aromatic heterocycles. The van der Waals surface area contributed by atoms with Crippen LogP contribution in [0.25, 0.3) is 0 Å². The molecule has 0 radical (unpaired) electrons. The number of nitrogens with one attached hydrogen (secondary N) is 1. The smallest absolute Gasteiger partial charge is 0.0243 e. The van der Waals surface area contributed by atoms with Crippen molar-refractivity contribution in [1.29, 1.82) is 0 Å². The first-order chi connectivity index (χ1) is 7.97. The summed E-state index contributed by atoms with van der Waals surface area (Å²) in [6, 6.07) is 0.518. The van der Waals surface area contributed by atoms with Crippen molar-refractivity contribution in [3.05, 3.63) is 0 Å². The molecule has 2 nitrogen and oxygen atoms in total. The summed E-state index contributed by atoms with van der Waals surface area (Å²) in [6.45, 7) is 9.44. The third kappa shape index (κ3) is 4.59. The molecule has 1 aliphatic carbocycles. The van der Waals surface area contributed by atoms with Gasteiger partial charge in [0.05, 0.1) is 0 Å². The molecule has 0 aromatic rings. The Morgan fingerprint density at radius 2 is 1.94 bits per heavy atom. The van der Waals surface area contributed by atoms with Gasteiger partial charge in [0.2, 0.25) is 0 Å². The molecular weight excluding hydrogens is 208 g/mol. The number of rotatable bonds is 6. The van der Waals surface area contributed by atoms with E-state index in [9.17, 15) is 0 Å². The van der Waals surface area contributed by atoms with Gasteiger partial charge in [-0.25, -0.2) is 0 Å². The van der Waals surface area contributed by atoms with Gasteiger partial charge < -0.3 is 0 Å². The quantitative estimate of drug-likeness (QED) is 0.546. The standard InChI is InChI=1S/C15H32N2/c1-12(2)8-7-10-14(17-16)13-9-5-6-11-15(13,3)4/h12-14,17H,5-11,16H2,1-4H3. The minimum absolute atomic E-state index is 0.465. The fourth-order valence-corrected chi connectivity index (χ4v) is 3.41. The van der Waals surface area contributed by atoms with Gasteiger partial charge in [-0.15, -0.1) is 0 Å². The highest BCUT2D eigenvalue weighted by Crippen LogP contribution is 2.43. The first-order valence-corrected chi connectivity index (χ1v) is 7.43. The molecule has 1 aliphatic rings. The van der Waals surface area contributed by atoms with Gasteiger partial charge in [-0.1, -0.05) is 53.4 Å². The zero-order chi connectivity index (χ0) is 12.9. The lowest BCUT2D eigenvalue weighted by Gasteiger charge is -2.43. The van der Waals surface area contributed by atoms with Gasteiger partial charge in [-0.3, -0.25) is 11.3 Å². The van der Waals surface area contributed by atoms with Crippen molar-refractivity contribution >= 4 is 0 Å². The SMILES string of the molecule is CC(C)CCCC(NN)C1CCCCC1(C)C. The fraction of sp³-hybridized carbons (Fsp3) is 1.00. The van der Waals surface area contributed by atoms with Crippen molar-refractivity contribution in [3.8, 4) is 0 Å². The zero-order valence-electron chi connectivity index (χ0n) is 12.3. The molecule has 0 bridgehead atoms. The lowest BCUT2D eigenvalue weighted by Crippen LogP contribution is -2.47. The van der Waals surface area contributed by atoms with E-state index in [4.69, 9.17) is 5.84 Å². The third-order valence-electron chi connectivity index (χ3n) is 4.59. The van der Waals surface area contributed by atoms with Crippen molar-refractivity contribution in [2.75, 3.05) is 0 Å². The monoisotopic (exact) mass is 240 g/mol. The minimum Gasteiger partial charge on any atom is -0.271 e. The number of hydrogen-bond acceptors (Lipinski definition) is 2. The molecule has 2 unspecified atom stereocenters. The Morgan fingerprint density at radius 1 is 1.24 bits per heavy atom.